The van der Waals surface area contributed by atoms with Gasteiger partial charge in [0.15, 0.2) is 11.2 Å². The molecule has 104 valence electrons. The van der Waals surface area contributed by atoms with Crippen LogP contribution in [0.3, 0.4) is 0 Å². The van der Waals surface area contributed by atoms with Gasteiger partial charge in [0.25, 0.3) is 5.56 Å². The number of benzene rings is 1. The summed E-state index contributed by atoms with van der Waals surface area (Å²) in [5.74, 6) is 1.14. The molecule has 0 saturated heterocycles. The Labute approximate surface area is 119 Å². The molecule has 3 aromatic rings. The Morgan fingerprint density at radius 1 is 1.33 bits per heavy atom. The van der Waals surface area contributed by atoms with Crippen molar-refractivity contribution in [3.05, 3.63) is 46.1 Å². The second kappa shape index (κ2) is 4.76. The molecular weight excluding hydrogens is 270 g/mol. The highest BCUT2D eigenvalue weighted by Crippen LogP contribution is 2.19. The summed E-state index contributed by atoms with van der Waals surface area (Å²) in [7, 11) is 1.57. The first-order valence-electron chi connectivity index (χ1n) is 6.18. The van der Waals surface area contributed by atoms with Crippen LogP contribution in [0.2, 0.25) is 0 Å². The number of H-pyrrole nitrogens is 1. The first-order chi connectivity index (χ1) is 10.1. The summed E-state index contributed by atoms with van der Waals surface area (Å²) < 4.78 is 6.51. The van der Waals surface area contributed by atoms with Gasteiger partial charge in [0.2, 0.25) is 0 Å². The van der Waals surface area contributed by atoms with E-state index < -0.39 is 0 Å². The largest absolute Gasteiger partial charge is 0.497 e. The number of hydrogen-bond acceptors (Lipinski definition) is 5. The lowest BCUT2D eigenvalue weighted by Crippen LogP contribution is -2.13. The second-order valence-electron chi connectivity index (χ2n) is 4.42. The molecule has 3 rings (SSSR count). The van der Waals surface area contributed by atoms with E-state index in [0.29, 0.717) is 22.8 Å². The number of hydrogen-bond donors (Lipinski definition) is 1. The van der Waals surface area contributed by atoms with Crippen LogP contribution in [0.5, 0.6) is 5.75 Å². The van der Waals surface area contributed by atoms with Crippen molar-refractivity contribution in [1.29, 1.82) is 5.26 Å². The molecule has 0 aliphatic carbocycles. The molecule has 0 radical (unpaired) electrons. The van der Waals surface area contributed by atoms with E-state index in [1.54, 1.807) is 38.3 Å². The molecule has 7 nitrogen and oxygen atoms in total. The molecule has 1 aromatic carbocycles. The number of nitrogens with one attached hydrogen (secondary N) is 1. The summed E-state index contributed by atoms with van der Waals surface area (Å²) in [5.41, 5.74) is 0.993. The third-order valence-electron chi connectivity index (χ3n) is 3.07. The number of rotatable bonds is 2. The van der Waals surface area contributed by atoms with Crippen LogP contribution in [0, 0.1) is 18.3 Å². The highest BCUT2D eigenvalue weighted by Gasteiger charge is 2.16. The van der Waals surface area contributed by atoms with Gasteiger partial charge in [-0.15, -0.1) is 0 Å². The van der Waals surface area contributed by atoms with E-state index >= 15 is 0 Å². The van der Waals surface area contributed by atoms with Gasteiger partial charge < -0.3 is 9.72 Å². The van der Waals surface area contributed by atoms with E-state index in [9.17, 15) is 4.79 Å². The van der Waals surface area contributed by atoms with Crippen LogP contribution in [-0.2, 0) is 0 Å². The Hall–Kier alpha value is -3.14. The zero-order valence-corrected chi connectivity index (χ0v) is 11.4. The molecule has 7 heteroatoms. The molecule has 0 spiro atoms. The average Bonchev–Trinajstić information content (AvgIpc) is 2.86. The van der Waals surface area contributed by atoms with Gasteiger partial charge >= 0.3 is 0 Å². The minimum atomic E-state index is -0.331. The third-order valence-corrected chi connectivity index (χ3v) is 3.07. The molecule has 0 bridgehead atoms. The van der Waals surface area contributed by atoms with Gasteiger partial charge in [-0.1, -0.05) is 0 Å². The molecule has 2 heterocycles. The maximum absolute atomic E-state index is 12.2. The quantitative estimate of drug-likeness (QED) is 0.763. The van der Waals surface area contributed by atoms with Gasteiger partial charge in [-0.3, -0.25) is 4.79 Å². The molecule has 0 atom stereocenters. The van der Waals surface area contributed by atoms with E-state index in [1.807, 2.05) is 6.07 Å². The van der Waals surface area contributed by atoms with Crippen LogP contribution in [-0.4, -0.2) is 26.9 Å². The van der Waals surface area contributed by atoms with Crippen molar-refractivity contribution < 1.29 is 4.74 Å². The first-order valence-corrected chi connectivity index (χ1v) is 6.18. The Morgan fingerprint density at radius 3 is 2.67 bits per heavy atom. The van der Waals surface area contributed by atoms with Gasteiger partial charge in [0.05, 0.1) is 12.8 Å². The van der Waals surface area contributed by atoms with Gasteiger partial charge in [-0.2, -0.15) is 10.4 Å². The van der Waals surface area contributed by atoms with Gasteiger partial charge in [0, 0.05) is 0 Å². The molecule has 0 aliphatic rings. The lowest BCUT2D eigenvalue weighted by molar-refractivity contribution is 0.414. The second-order valence-corrected chi connectivity index (χ2v) is 4.42. The molecule has 2 aromatic heterocycles. The van der Waals surface area contributed by atoms with Crippen LogP contribution in [0.25, 0.3) is 16.7 Å². The molecule has 0 aliphatic heterocycles. The Morgan fingerprint density at radius 2 is 2.05 bits per heavy atom. The smallest absolute Gasteiger partial charge is 0.277 e. The zero-order chi connectivity index (χ0) is 15.0. The lowest BCUT2D eigenvalue weighted by Gasteiger charge is -2.04. The van der Waals surface area contributed by atoms with Gasteiger partial charge in [-0.25, -0.2) is 9.67 Å². The summed E-state index contributed by atoms with van der Waals surface area (Å²) in [5, 5.41) is 13.3. The standard InChI is InChI=1S/C14H11N5O2/c1-8-16-12-11(7-15)18-19(13(12)14(20)17-8)9-3-5-10(21-2)6-4-9/h3-6H,1-2H3,(H,16,17,20). The van der Waals surface area contributed by atoms with Gasteiger partial charge in [0.1, 0.15) is 23.2 Å². The minimum absolute atomic E-state index is 0.120. The number of nitrogens with zero attached hydrogens (tertiary/aromatic N) is 4. The predicted octanol–water partition coefficient (Wildman–Crippen LogP) is 1.30. The molecule has 0 unspecified atom stereocenters. The maximum Gasteiger partial charge on any atom is 0.277 e. The first kappa shape index (κ1) is 12.9. The fourth-order valence-electron chi connectivity index (χ4n) is 2.12. The number of methoxy groups -OCH3 is 1. The van der Waals surface area contributed by atoms with Crippen LogP contribution in [0.1, 0.15) is 11.5 Å². The highest BCUT2D eigenvalue weighted by atomic mass is 16.5. The fraction of sp³-hybridized carbons (Fsp3) is 0.143. The van der Waals surface area contributed by atoms with E-state index in [-0.39, 0.29) is 16.8 Å². The van der Waals surface area contributed by atoms with Crippen molar-refractivity contribution >= 4 is 11.0 Å². The summed E-state index contributed by atoms with van der Waals surface area (Å²) in [6.07, 6.45) is 0. The van der Waals surface area contributed by atoms with Crippen molar-refractivity contribution in [3.63, 3.8) is 0 Å². The van der Waals surface area contributed by atoms with Crippen LogP contribution < -0.4 is 10.3 Å². The maximum atomic E-state index is 12.2. The van der Waals surface area contributed by atoms with Crippen molar-refractivity contribution in [2.75, 3.05) is 7.11 Å². The van der Waals surface area contributed by atoms with E-state index in [1.165, 1.54) is 4.68 Å². The molecule has 21 heavy (non-hydrogen) atoms. The predicted molar refractivity (Wildman–Crippen MR) is 75.5 cm³/mol. The van der Waals surface area contributed by atoms with Crippen molar-refractivity contribution in [2.45, 2.75) is 6.92 Å². The van der Waals surface area contributed by atoms with E-state index in [4.69, 9.17) is 10.00 Å². The topological polar surface area (TPSA) is 96.6 Å². The molecule has 0 amide bonds. The van der Waals surface area contributed by atoms with Crippen LogP contribution in [0.15, 0.2) is 29.1 Å². The van der Waals surface area contributed by atoms with E-state index in [0.717, 1.165) is 0 Å². The minimum Gasteiger partial charge on any atom is -0.497 e. The van der Waals surface area contributed by atoms with Crippen LogP contribution in [0.4, 0.5) is 0 Å². The molecule has 1 N–H and O–H groups in total. The Bertz CT molecular complexity index is 915. The molecular formula is C14H11N5O2. The number of fused-ring (bicyclic) bond motifs is 1. The van der Waals surface area contributed by atoms with Crippen molar-refractivity contribution in [2.24, 2.45) is 0 Å². The molecule has 0 saturated carbocycles. The number of aromatic nitrogens is 4. The number of ether oxygens (including phenoxy) is 1. The normalized spacial score (nSPS) is 10.5. The van der Waals surface area contributed by atoms with E-state index in [2.05, 4.69) is 15.1 Å². The number of nitriles is 1. The highest BCUT2D eigenvalue weighted by molar-refractivity contribution is 5.80. The molecule has 0 fully saturated rings. The summed E-state index contributed by atoms with van der Waals surface area (Å²) >= 11 is 0. The lowest BCUT2D eigenvalue weighted by atomic mass is 10.3. The Kier molecular flexibility index (Phi) is 2.92. The van der Waals surface area contributed by atoms with Crippen LogP contribution >= 0.6 is 0 Å². The Balaban J connectivity index is 2.32. The SMILES string of the molecule is COc1ccc(-n2nc(C#N)c3nc(C)[nH]c(=O)c32)cc1. The van der Waals surface area contributed by atoms with Gasteiger partial charge in [-0.05, 0) is 31.2 Å². The van der Waals surface area contributed by atoms with Crippen molar-refractivity contribution in [1.82, 2.24) is 19.7 Å². The number of aromatic amines is 1. The monoisotopic (exact) mass is 281 g/mol. The fourth-order valence-corrected chi connectivity index (χ4v) is 2.12. The summed E-state index contributed by atoms with van der Waals surface area (Å²) in [6, 6.07) is 8.99. The zero-order valence-electron chi connectivity index (χ0n) is 11.4. The summed E-state index contributed by atoms with van der Waals surface area (Å²) in [4.78, 5) is 19.0. The number of aryl methyl sites for hydroxylation is 1. The summed E-state index contributed by atoms with van der Waals surface area (Å²) in [6.45, 7) is 1.66. The third kappa shape index (κ3) is 2.03. The van der Waals surface area contributed by atoms with Crippen molar-refractivity contribution in [3.8, 4) is 17.5 Å². The average molecular weight is 281 g/mol.